The minimum absolute atomic E-state index is 0.0332. The number of hydrogen-bond donors (Lipinski definition) is 1. The highest BCUT2D eigenvalue weighted by molar-refractivity contribution is 6.11. The third-order valence-corrected chi connectivity index (χ3v) is 4.05. The summed E-state index contributed by atoms with van der Waals surface area (Å²) >= 11 is 0. The van der Waals surface area contributed by atoms with E-state index in [4.69, 9.17) is 10.5 Å². The topological polar surface area (TPSA) is 55.6 Å². The van der Waals surface area contributed by atoms with Crippen LogP contribution in [0.1, 0.15) is 11.1 Å². The highest BCUT2D eigenvalue weighted by atomic mass is 19.1. The maximum absolute atomic E-state index is 14.4. The van der Waals surface area contributed by atoms with Crippen molar-refractivity contribution in [2.24, 2.45) is 5.73 Å². The quantitative estimate of drug-likeness (QED) is 0.927. The molecule has 1 amide bonds. The molecule has 2 aromatic carbocycles. The fourth-order valence-electron chi connectivity index (χ4n) is 2.81. The van der Waals surface area contributed by atoms with Crippen molar-refractivity contribution in [1.82, 2.24) is 0 Å². The normalized spacial score (nSPS) is 13.3. The van der Waals surface area contributed by atoms with Crippen LogP contribution in [0.15, 0.2) is 54.8 Å². The Morgan fingerprint density at radius 1 is 1.16 bits per heavy atom. The van der Waals surface area contributed by atoms with Gasteiger partial charge in [0.1, 0.15) is 17.4 Å². The van der Waals surface area contributed by atoms with Gasteiger partial charge < -0.3 is 15.4 Å². The van der Waals surface area contributed by atoms with Crippen LogP contribution in [-0.4, -0.2) is 13.0 Å². The molecule has 1 aliphatic rings. The monoisotopic (exact) mass is 342 g/mol. The number of fused-ring (bicyclic) bond motifs is 1. The van der Waals surface area contributed by atoms with Gasteiger partial charge in [0.2, 0.25) is 0 Å². The van der Waals surface area contributed by atoms with E-state index in [0.717, 1.165) is 17.7 Å². The molecule has 6 heteroatoms. The minimum Gasteiger partial charge on any atom is -0.497 e. The fourth-order valence-corrected chi connectivity index (χ4v) is 2.81. The second-order valence-electron chi connectivity index (χ2n) is 5.61. The molecular formula is C19H16F2N2O2. The van der Waals surface area contributed by atoms with Crippen LogP contribution >= 0.6 is 0 Å². The van der Waals surface area contributed by atoms with E-state index in [1.54, 1.807) is 31.4 Å². The maximum atomic E-state index is 14.4. The second-order valence-corrected chi connectivity index (χ2v) is 5.61. The Morgan fingerprint density at radius 3 is 2.40 bits per heavy atom. The molecule has 0 unspecified atom stereocenters. The number of primary amides is 1. The number of rotatable bonds is 4. The number of ether oxygens (including phenoxy) is 1. The Morgan fingerprint density at radius 2 is 1.80 bits per heavy atom. The third-order valence-electron chi connectivity index (χ3n) is 4.05. The first-order valence-electron chi connectivity index (χ1n) is 7.51. The largest absolute Gasteiger partial charge is 0.497 e. The Bertz CT molecular complexity index is 889. The molecule has 0 saturated heterocycles. The molecule has 0 spiro atoms. The summed E-state index contributed by atoms with van der Waals surface area (Å²) in [6.07, 6.45) is 1.40. The molecule has 0 atom stereocenters. The summed E-state index contributed by atoms with van der Waals surface area (Å²) in [7, 11) is 1.56. The van der Waals surface area contributed by atoms with Crippen LogP contribution in [0, 0.1) is 11.6 Å². The Kier molecular flexibility index (Phi) is 4.27. The number of nitrogens with zero attached hydrogens (tertiary/aromatic N) is 1. The van der Waals surface area contributed by atoms with E-state index in [-0.39, 0.29) is 28.9 Å². The molecule has 0 bridgehead atoms. The molecule has 0 fully saturated rings. The number of amides is 1. The van der Waals surface area contributed by atoms with Gasteiger partial charge in [-0.3, -0.25) is 4.79 Å². The minimum atomic E-state index is -0.751. The van der Waals surface area contributed by atoms with E-state index < -0.39 is 17.5 Å². The van der Waals surface area contributed by atoms with Crippen LogP contribution in [0.3, 0.4) is 0 Å². The molecule has 4 nitrogen and oxygen atoms in total. The predicted molar refractivity (Wildman–Crippen MR) is 91.8 cm³/mol. The van der Waals surface area contributed by atoms with Gasteiger partial charge >= 0.3 is 0 Å². The van der Waals surface area contributed by atoms with Crippen LogP contribution in [0.25, 0.3) is 5.57 Å². The lowest BCUT2D eigenvalue weighted by Gasteiger charge is -2.30. The van der Waals surface area contributed by atoms with E-state index in [0.29, 0.717) is 5.75 Å². The summed E-state index contributed by atoms with van der Waals surface area (Å²) in [4.78, 5) is 13.1. The van der Waals surface area contributed by atoms with E-state index in [1.807, 2.05) is 0 Å². The lowest BCUT2D eigenvalue weighted by atomic mass is 9.93. The molecule has 3 rings (SSSR count). The van der Waals surface area contributed by atoms with Gasteiger partial charge in [0, 0.05) is 18.3 Å². The number of anilines is 1. The Labute approximate surface area is 143 Å². The van der Waals surface area contributed by atoms with E-state index >= 15 is 0 Å². The highest BCUT2D eigenvalue weighted by Gasteiger charge is 2.29. The molecule has 0 aliphatic carbocycles. The van der Waals surface area contributed by atoms with E-state index in [9.17, 15) is 13.6 Å². The second kappa shape index (κ2) is 6.39. The Hall–Kier alpha value is -3.15. The van der Waals surface area contributed by atoms with Gasteiger partial charge in [-0.15, -0.1) is 0 Å². The van der Waals surface area contributed by atoms with Crippen LogP contribution in [0.2, 0.25) is 0 Å². The number of halogens is 2. The summed E-state index contributed by atoms with van der Waals surface area (Å²) < 4.78 is 33.8. The van der Waals surface area contributed by atoms with E-state index in [2.05, 4.69) is 6.58 Å². The molecule has 0 saturated carbocycles. The van der Waals surface area contributed by atoms with Crippen molar-refractivity contribution in [3.63, 3.8) is 0 Å². The zero-order chi connectivity index (χ0) is 18.1. The zero-order valence-corrected chi connectivity index (χ0v) is 13.6. The van der Waals surface area contributed by atoms with Crippen molar-refractivity contribution < 1.29 is 18.3 Å². The number of methoxy groups -OCH3 is 1. The molecule has 2 aromatic rings. The molecule has 0 aromatic heterocycles. The molecule has 128 valence electrons. The van der Waals surface area contributed by atoms with Gasteiger partial charge in [-0.1, -0.05) is 18.7 Å². The first-order chi connectivity index (χ1) is 11.9. The van der Waals surface area contributed by atoms with Crippen molar-refractivity contribution in [1.29, 1.82) is 0 Å². The average Bonchev–Trinajstić information content (AvgIpc) is 2.60. The van der Waals surface area contributed by atoms with Gasteiger partial charge in [-0.25, -0.2) is 8.78 Å². The number of benzene rings is 2. The summed E-state index contributed by atoms with van der Waals surface area (Å²) in [5, 5.41) is 0. The van der Waals surface area contributed by atoms with Crippen LogP contribution in [-0.2, 0) is 11.3 Å². The van der Waals surface area contributed by atoms with Crippen LogP contribution in [0.4, 0.5) is 14.5 Å². The van der Waals surface area contributed by atoms with Crippen LogP contribution < -0.4 is 15.4 Å². The third kappa shape index (κ3) is 2.98. The lowest BCUT2D eigenvalue weighted by Crippen LogP contribution is -2.27. The van der Waals surface area contributed by atoms with Crippen molar-refractivity contribution in [3.8, 4) is 5.75 Å². The summed E-state index contributed by atoms with van der Waals surface area (Å²) in [5.74, 6) is -1.33. The average molecular weight is 342 g/mol. The molecule has 0 radical (unpaired) electrons. The van der Waals surface area contributed by atoms with Crippen LogP contribution in [0.5, 0.6) is 5.75 Å². The molecule has 2 N–H and O–H groups in total. The van der Waals surface area contributed by atoms with Crippen molar-refractivity contribution in [2.75, 3.05) is 12.0 Å². The van der Waals surface area contributed by atoms with Crippen molar-refractivity contribution >= 4 is 17.2 Å². The molecular weight excluding hydrogens is 326 g/mol. The number of nitrogens with two attached hydrogens (primary N) is 1. The Balaban J connectivity index is 2.08. The summed E-state index contributed by atoms with van der Waals surface area (Å²) in [5.41, 5.74) is 6.29. The van der Waals surface area contributed by atoms with Gasteiger partial charge in [-0.2, -0.15) is 0 Å². The SMILES string of the molecule is C=C1C(C(N)=O)=CN(Cc2ccc(OC)cc2)c2c(F)ccc(F)c21. The summed E-state index contributed by atoms with van der Waals surface area (Å²) in [6.45, 7) is 3.93. The van der Waals surface area contributed by atoms with Crippen molar-refractivity contribution in [3.05, 3.63) is 77.5 Å². The highest BCUT2D eigenvalue weighted by Crippen LogP contribution is 2.40. The van der Waals surface area contributed by atoms with Gasteiger partial charge in [0.05, 0.1) is 18.4 Å². The van der Waals surface area contributed by atoms with Gasteiger partial charge in [-0.05, 0) is 35.4 Å². The summed E-state index contributed by atoms with van der Waals surface area (Å²) in [6, 6.07) is 9.19. The standard InChI is InChI=1S/C19H16F2N2O2/c1-11-14(19(22)24)10-23(9-12-3-5-13(25-2)6-4-12)18-16(21)8-7-15(20)17(11)18/h3-8,10H,1,9H2,2H3,(H2,22,24). The maximum Gasteiger partial charge on any atom is 0.250 e. The van der Waals surface area contributed by atoms with E-state index in [1.165, 1.54) is 11.1 Å². The molecule has 1 aliphatic heterocycles. The van der Waals surface area contributed by atoms with Crippen molar-refractivity contribution in [2.45, 2.75) is 6.54 Å². The number of carbonyl (C=O) groups is 1. The zero-order valence-electron chi connectivity index (χ0n) is 13.6. The van der Waals surface area contributed by atoms with Gasteiger partial charge in [0.15, 0.2) is 0 Å². The molecule has 1 heterocycles. The first kappa shape index (κ1) is 16.7. The smallest absolute Gasteiger partial charge is 0.250 e. The predicted octanol–water partition coefficient (Wildman–Crippen LogP) is 3.38. The number of hydrogen-bond acceptors (Lipinski definition) is 3. The first-order valence-corrected chi connectivity index (χ1v) is 7.51. The fraction of sp³-hybridized carbons (Fsp3) is 0.105. The molecule has 25 heavy (non-hydrogen) atoms. The lowest BCUT2D eigenvalue weighted by molar-refractivity contribution is -0.114. The number of carbonyl (C=O) groups excluding carboxylic acids is 1. The van der Waals surface area contributed by atoms with Gasteiger partial charge in [0.25, 0.3) is 5.91 Å².